The summed E-state index contributed by atoms with van der Waals surface area (Å²) in [6.07, 6.45) is 0. The predicted octanol–water partition coefficient (Wildman–Crippen LogP) is 2.94. The highest BCUT2D eigenvalue weighted by Gasteiger charge is 2.08. The number of nitrogens with two attached hydrogens (primary N) is 2. The quantitative estimate of drug-likeness (QED) is 0.673. The van der Waals surface area contributed by atoms with E-state index in [1.165, 1.54) is 36.0 Å². The third kappa shape index (κ3) is 3.48. The average molecular weight is 294 g/mol. The number of carbonyl (C=O) groups is 1. The largest absolute Gasteiger partial charge is 0.399 e. The molecule has 6 heteroatoms. The third-order valence-corrected chi connectivity index (χ3v) is 3.65. The van der Waals surface area contributed by atoms with Crippen LogP contribution < -0.4 is 11.5 Å². The van der Waals surface area contributed by atoms with Crippen LogP contribution in [0.2, 0.25) is 0 Å². The van der Waals surface area contributed by atoms with Crippen molar-refractivity contribution in [2.24, 2.45) is 5.73 Å². The number of rotatable bonds is 4. The summed E-state index contributed by atoms with van der Waals surface area (Å²) in [6.45, 7) is 0. The van der Waals surface area contributed by atoms with Gasteiger partial charge >= 0.3 is 0 Å². The van der Waals surface area contributed by atoms with Crippen molar-refractivity contribution in [2.45, 2.75) is 10.6 Å². The normalized spacial score (nSPS) is 10.5. The summed E-state index contributed by atoms with van der Waals surface area (Å²) < 4.78 is 26.9. The molecule has 0 fully saturated rings. The second-order valence-electron chi connectivity index (χ2n) is 4.18. The van der Waals surface area contributed by atoms with Gasteiger partial charge < -0.3 is 11.5 Å². The summed E-state index contributed by atoms with van der Waals surface area (Å²) in [5.41, 5.74) is 11.4. The van der Waals surface area contributed by atoms with E-state index in [0.717, 1.165) is 6.07 Å². The standard InChI is InChI=1S/C14H12F2N2OS/c15-10-4-11(17)6-12(5-10)20-7-9-2-1-8(14(18)19)3-13(9)16/h1-6H,7,17H2,(H2,18,19). The first-order valence-electron chi connectivity index (χ1n) is 5.73. The predicted molar refractivity (Wildman–Crippen MR) is 75.3 cm³/mol. The summed E-state index contributed by atoms with van der Waals surface area (Å²) in [4.78, 5) is 11.5. The maximum absolute atomic E-state index is 13.8. The zero-order valence-electron chi connectivity index (χ0n) is 10.4. The lowest BCUT2D eigenvalue weighted by molar-refractivity contribution is 0.1000. The van der Waals surface area contributed by atoms with Crippen LogP contribution in [0.25, 0.3) is 0 Å². The topological polar surface area (TPSA) is 69.1 Å². The monoisotopic (exact) mass is 294 g/mol. The van der Waals surface area contributed by atoms with Crippen LogP contribution in [-0.2, 0) is 5.75 Å². The number of hydrogen-bond donors (Lipinski definition) is 2. The van der Waals surface area contributed by atoms with Crippen LogP contribution >= 0.6 is 11.8 Å². The molecule has 0 aliphatic carbocycles. The summed E-state index contributed by atoms with van der Waals surface area (Å²) >= 11 is 1.25. The van der Waals surface area contributed by atoms with Crippen molar-refractivity contribution in [3.63, 3.8) is 0 Å². The van der Waals surface area contributed by atoms with Gasteiger partial charge in [-0.25, -0.2) is 8.78 Å². The molecule has 0 atom stereocenters. The number of primary amides is 1. The van der Waals surface area contributed by atoms with E-state index in [0.29, 0.717) is 21.9 Å². The molecule has 0 aliphatic rings. The minimum absolute atomic E-state index is 0.117. The molecule has 0 spiro atoms. The summed E-state index contributed by atoms with van der Waals surface area (Å²) in [5.74, 6) is -1.33. The molecule has 2 rings (SSSR count). The molecule has 20 heavy (non-hydrogen) atoms. The molecule has 0 unspecified atom stereocenters. The molecule has 1 amide bonds. The van der Waals surface area contributed by atoms with E-state index in [2.05, 4.69) is 0 Å². The molecule has 104 valence electrons. The van der Waals surface area contributed by atoms with Crippen molar-refractivity contribution in [3.8, 4) is 0 Å². The van der Waals surface area contributed by atoms with Gasteiger partial charge in [0, 0.05) is 21.9 Å². The summed E-state index contributed by atoms with van der Waals surface area (Å²) in [5, 5.41) is 0. The van der Waals surface area contributed by atoms with Crippen LogP contribution in [0.15, 0.2) is 41.3 Å². The maximum Gasteiger partial charge on any atom is 0.248 e. The summed E-state index contributed by atoms with van der Waals surface area (Å²) in [6, 6.07) is 8.21. The SMILES string of the molecule is NC(=O)c1ccc(CSc2cc(N)cc(F)c2)c(F)c1. The Labute approximate surface area is 119 Å². The Balaban J connectivity index is 2.12. The highest BCUT2D eigenvalue weighted by Crippen LogP contribution is 2.26. The van der Waals surface area contributed by atoms with Crippen LogP contribution in [0, 0.1) is 11.6 Å². The number of anilines is 1. The number of amides is 1. The molecule has 2 aromatic carbocycles. The fourth-order valence-electron chi connectivity index (χ4n) is 1.65. The van der Waals surface area contributed by atoms with Crippen LogP contribution in [-0.4, -0.2) is 5.91 Å². The fraction of sp³-hybridized carbons (Fsp3) is 0.0714. The third-order valence-electron chi connectivity index (χ3n) is 2.63. The Morgan fingerprint density at radius 2 is 1.90 bits per heavy atom. The number of thioether (sulfide) groups is 1. The second-order valence-corrected chi connectivity index (χ2v) is 5.23. The van der Waals surface area contributed by atoms with Crippen molar-refractivity contribution in [2.75, 3.05) is 5.73 Å². The Morgan fingerprint density at radius 3 is 2.50 bits per heavy atom. The zero-order valence-corrected chi connectivity index (χ0v) is 11.2. The Morgan fingerprint density at radius 1 is 1.15 bits per heavy atom. The van der Waals surface area contributed by atoms with Gasteiger partial charge in [-0.3, -0.25) is 4.79 Å². The van der Waals surface area contributed by atoms with Gasteiger partial charge in [0.25, 0.3) is 0 Å². The zero-order chi connectivity index (χ0) is 14.7. The van der Waals surface area contributed by atoms with E-state index in [1.807, 2.05) is 0 Å². The van der Waals surface area contributed by atoms with Crippen LogP contribution in [0.1, 0.15) is 15.9 Å². The lowest BCUT2D eigenvalue weighted by atomic mass is 10.1. The fourth-order valence-corrected chi connectivity index (χ4v) is 2.62. The first-order valence-corrected chi connectivity index (χ1v) is 6.71. The minimum Gasteiger partial charge on any atom is -0.399 e. The lowest BCUT2D eigenvalue weighted by Crippen LogP contribution is -2.11. The van der Waals surface area contributed by atoms with Crippen LogP contribution in [0.4, 0.5) is 14.5 Å². The van der Waals surface area contributed by atoms with Gasteiger partial charge in [0.2, 0.25) is 5.91 Å². The number of hydrogen-bond acceptors (Lipinski definition) is 3. The molecular weight excluding hydrogens is 282 g/mol. The molecule has 0 heterocycles. The number of halogens is 2. The molecule has 0 saturated heterocycles. The van der Waals surface area contributed by atoms with Gasteiger partial charge in [-0.15, -0.1) is 11.8 Å². The molecule has 0 aliphatic heterocycles. The molecule has 0 saturated carbocycles. The number of benzene rings is 2. The van der Waals surface area contributed by atoms with E-state index in [1.54, 1.807) is 6.07 Å². The van der Waals surface area contributed by atoms with Crippen LogP contribution in [0.3, 0.4) is 0 Å². The molecule has 4 N–H and O–H groups in total. The maximum atomic E-state index is 13.8. The molecule has 2 aromatic rings. The van der Waals surface area contributed by atoms with E-state index in [4.69, 9.17) is 11.5 Å². The first kappa shape index (κ1) is 14.3. The molecule has 0 bridgehead atoms. The number of nitrogen functional groups attached to an aromatic ring is 1. The Hall–Kier alpha value is -2.08. The Kier molecular flexibility index (Phi) is 4.24. The van der Waals surface area contributed by atoms with E-state index in [9.17, 15) is 13.6 Å². The minimum atomic E-state index is -0.680. The van der Waals surface area contributed by atoms with Crippen molar-refractivity contribution >= 4 is 23.4 Å². The van der Waals surface area contributed by atoms with Gasteiger partial charge in [0.15, 0.2) is 0 Å². The van der Waals surface area contributed by atoms with Crippen LogP contribution in [0.5, 0.6) is 0 Å². The Bertz CT molecular complexity index is 641. The van der Waals surface area contributed by atoms with Crippen molar-refractivity contribution in [1.82, 2.24) is 0 Å². The highest BCUT2D eigenvalue weighted by molar-refractivity contribution is 7.98. The van der Waals surface area contributed by atoms with E-state index >= 15 is 0 Å². The smallest absolute Gasteiger partial charge is 0.248 e. The molecular formula is C14H12F2N2OS. The molecule has 3 nitrogen and oxygen atoms in total. The van der Waals surface area contributed by atoms with Crippen molar-refractivity contribution in [1.29, 1.82) is 0 Å². The average Bonchev–Trinajstić information content (AvgIpc) is 2.36. The second kappa shape index (κ2) is 5.92. The van der Waals surface area contributed by atoms with E-state index in [-0.39, 0.29) is 5.56 Å². The van der Waals surface area contributed by atoms with Gasteiger partial charge in [-0.05, 0) is 35.9 Å². The van der Waals surface area contributed by atoms with Gasteiger partial charge in [-0.2, -0.15) is 0 Å². The van der Waals surface area contributed by atoms with E-state index < -0.39 is 17.5 Å². The van der Waals surface area contributed by atoms with Crippen molar-refractivity contribution < 1.29 is 13.6 Å². The summed E-state index contributed by atoms with van der Waals surface area (Å²) in [7, 11) is 0. The lowest BCUT2D eigenvalue weighted by Gasteiger charge is -2.06. The number of carbonyl (C=O) groups excluding carboxylic acids is 1. The van der Waals surface area contributed by atoms with Crippen molar-refractivity contribution in [3.05, 3.63) is 59.2 Å². The van der Waals surface area contributed by atoms with Gasteiger partial charge in [0.05, 0.1) is 0 Å². The first-order chi connectivity index (χ1) is 9.45. The van der Waals surface area contributed by atoms with Gasteiger partial charge in [0.1, 0.15) is 11.6 Å². The molecule has 0 aromatic heterocycles. The van der Waals surface area contributed by atoms with Gasteiger partial charge in [-0.1, -0.05) is 6.07 Å². The highest BCUT2D eigenvalue weighted by atomic mass is 32.2. The molecule has 0 radical (unpaired) electrons.